The van der Waals surface area contributed by atoms with E-state index in [1.807, 2.05) is 77.4 Å². The van der Waals surface area contributed by atoms with Crippen LogP contribution in [0.2, 0.25) is 0 Å². The summed E-state index contributed by atoms with van der Waals surface area (Å²) in [5.74, 6) is 1.97. The van der Waals surface area contributed by atoms with Crippen molar-refractivity contribution in [3.8, 4) is 5.69 Å². The van der Waals surface area contributed by atoms with Gasteiger partial charge in [-0.25, -0.2) is 0 Å². The molecule has 1 saturated heterocycles. The lowest BCUT2D eigenvalue weighted by molar-refractivity contribution is -0.133. The standard InChI is InChI=1S/C37H39N5O2S/c1-27-12-6-9-17-33(27)42-34(24-29-13-4-3-5-14-29)38-39-37(42)45-23-11-10-18-35(43)40-21-22-41(28(2)26-40)36(44)32-20-19-30-15-7-8-16-31(30)25-32/h3-9,12-17,19-20,25,28H,10-11,18,21-24,26H2,1-2H3. The summed E-state index contributed by atoms with van der Waals surface area (Å²) in [6.07, 6.45) is 2.93. The predicted octanol–water partition coefficient (Wildman–Crippen LogP) is 6.96. The van der Waals surface area contributed by atoms with E-state index in [1.54, 1.807) is 11.8 Å². The van der Waals surface area contributed by atoms with Crippen LogP contribution in [0.25, 0.3) is 16.5 Å². The molecule has 0 radical (unpaired) electrons. The highest BCUT2D eigenvalue weighted by atomic mass is 32.2. The molecule has 0 N–H and O–H groups in total. The third-order valence-electron chi connectivity index (χ3n) is 8.52. The monoisotopic (exact) mass is 617 g/mol. The quantitative estimate of drug-likeness (QED) is 0.125. The summed E-state index contributed by atoms with van der Waals surface area (Å²) in [4.78, 5) is 30.3. The van der Waals surface area contributed by atoms with Crippen LogP contribution in [0.3, 0.4) is 0 Å². The number of carbonyl (C=O) groups is 2. The fraction of sp³-hybridized carbons (Fsp3) is 0.297. The number of thioether (sulfide) groups is 1. The van der Waals surface area contributed by atoms with E-state index in [2.05, 4.69) is 58.1 Å². The Balaban J connectivity index is 1.00. The van der Waals surface area contributed by atoms with Crippen molar-refractivity contribution < 1.29 is 9.59 Å². The highest BCUT2D eigenvalue weighted by Gasteiger charge is 2.30. The van der Waals surface area contributed by atoms with Crippen LogP contribution in [0, 0.1) is 6.92 Å². The van der Waals surface area contributed by atoms with Gasteiger partial charge in [0.2, 0.25) is 5.91 Å². The Morgan fingerprint density at radius 2 is 1.60 bits per heavy atom. The van der Waals surface area contributed by atoms with Crippen LogP contribution < -0.4 is 0 Å². The first-order valence-corrected chi connectivity index (χ1v) is 16.7. The number of unbranched alkanes of at least 4 members (excludes halogenated alkanes) is 1. The average molecular weight is 618 g/mol. The molecule has 1 unspecified atom stereocenters. The number of hydrogen-bond acceptors (Lipinski definition) is 5. The van der Waals surface area contributed by atoms with Crippen molar-refractivity contribution in [2.45, 2.75) is 50.7 Å². The van der Waals surface area contributed by atoms with Crippen molar-refractivity contribution in [1.82, 2.24) is 24.6 Å². The molecule has 2 amide bonds. The molecule has 1 aliphatic heterocycles. The average Bonchev–Trinajstić information content (AvgIpc) is 3.46. The molecule has 6 rings (SSSR count). The van der Waals surface area contributed by atoms with E-state index in [9.17, 15) is 9.59 Å². The third-order valence-corrected chi connectivity index (χ3v) is 9.53. The number of carbonyl (C=O) groups excluding carboxylic acids is 2. The van der Waals surface area contributed by atoms with E-state index in [4.69, 9.17) is 0 Å². The number of amides is 2. The lowest BCUT2D eigenvalue weighted by Crippen LogP contribution is -2.55. The molecule has 1 aromatic heterocycles. The van der Waals surface area contributed by atoms with Gasteiger partial charge in [0.05, 0.1) is 5.69 Å². The van der Waals surface area contributed by atoms with Crippen LogP contribution in [-0.4, -0.2) is 67.8 Å². The zero-order valence-electron chi connectivity index (χ0n) is 25.9. The molecule has 8 heteroatoms. The highest BCUT2D eigenvalue weighted by molar-refractivity contribution is 7.99. The lowest BCUT2D eigenvalue weighted by atomic mass is 10.0. The number of piperazine rings is 1. The Bertz CT molecular complexity index is 1790. The number of fused-ring (bicyclic) bond motifs is 1. The molecular weight excluding hydrogens is 579 g/mol. The number of hydrogen-bond donors (Lipinski definition) is 0. The van der Waals surface area contributed by atoms with E-state index < -0.39 is 0 Å². The molecule has 5 aromatic rings. The smallest absolute Gasteiger partial charge is 0.254 e. The normalized spacial score (nSPS) is 15.0. The second-order valence-corrected chi connectivity index (χ2v) is 12.8. The minimum atomic E-state index is -0.0323. The van der Waals surface area contributed by atoms with E-state index in [0.717, 1.165) is 46.0 Å². The van der Waals surface area contributed by atoms with Gasteiger partial charge in [-0.3, -0.25) is 14.2 Å². The van der Waals surface area contributed by atoms with Crippen LogP contribution in [0.5, 0.6) is 0 Å². The van der Waals surface area contributed by atoms with Crippen molar-refractivity contribution in [2.75, 3.05) is 25.4 Å². The molecule has 2 heterocycles. The molecule has 0 saturated carbocycles. The molecule has 0 aliphatic carbocycles. The first kappa shape index (κ1) is 30.6. The molecule has 45 heavy (non-hydrogen) atoms. The van der Waals surface area contributed by atoms with Gasteiger partial charge in [-0.05, 0) is 66.8 Å². The van der Waals surface area contributed by atoms with Gasteiger partial charge in [-0.2, -0.15) is 0 Å². The van der Waals surface area contributed by atoms with Crippen LogP contribution in [-0.2, 0) is 11.2 Å². The summed E-state index contributed by atoms with van der Waals surface area (Å²) in [5, 5.41) is 12.2. The van der Waals surface area contributed by atoms with Gasteiger partial charge >= 0.3 is 0 Å². The molecule has 4 aromatic carbocycles. The maximum absolute atomic E-state index is 13.3. The van der Waals surface area contributed by atoms with Crippen molar-refractivity contribution in [2.24, 2.45) is 0 Å². The topological polar surface area (TPSA) is 71.3 Å². The zero-order valence-corrected chi connectivity index (χ0v) is 26.7. The Morgan fingerprint density at radius 1 is 0.844 bits per heavy atom. The second kappa shape index (κ2) is 14.1. The minimum Gasteiger partial charge on any atom is -0.339 e. The second-order valence-electron chi connectivity index (χ2n) is 11.7. The van der Waals surface area contributed by atoms with E-state index in [1.165, 1.54) is 11.1 Å². The summed E-state index contributed by atoms with van der Waals surface area (Å²) >= 11 is 1.69. The molecule has 0 spiro atoms. The largest absolute Gasteiger partial charge is 0.339 e. The zero-order chi connectivity index (χ0) is 31.2. The number of aromatic nitrogens is 3. The lowest BCUT2D eigenvalue weighted by Gasteiger charge is -2.40. The number of aryl methyl sites for hydroxylation is 1. The van der Waals surface area contributed by atoms with Gasteiger partial charge in [-0.15, -0.1) is 10.2 Å². The molecule has 1 atom stereocenters. The number of benzene rings is 4. The van der Waals surface area contributed by atoms with Crippen molar-refractivity contribution in [1.29, 1.82) is 0 Å². The van der Waals surface area contributed by atoms with Crippen molar-refractivity contribution in [3.05, 3.63) is 120 Å². The summed E-state index contributed by atoms with van der Waals surface area (Å²) in [6.45, 7) is 5.83. The summed E-state index contributed by atoms with van der Waals surface area (Å²) in [5.41, 5.74) is 4.16. The summed E-state index contributed by atoms with van der Waals surface area (Å²) in [6, 6.07) is 32.6. The molecule has 7 nitrogen and oxygen atoms in total. The molecule has 230 valence electrons. The SMILES string of the molecule is Cc1ccccc1-n1c(Cc2ccccc2)nnc1SCCCCC(=O)N1CCN(C(=O)c2ccc3ccccc3c2)C(C)C1. The maximum Gasteiger partial charge on any atom is 0.254 e. The van der Waals surface area contributed by atoms with Crippen LogP contribution in [0.1, 0.15) is 53.5 Å². The Morgan fingerprint density at radius 3 is 2.40 bits per heavy atom. The van der Waals surface area contributed by atoms with Crippen LogP contribution in [0.4, 0.5) is 0 Å². The van der Waals surface area contributed by atoms with Crippen molar-refractivity contribution >= 4 is 34.3 Å². The number of nitrogens with zero attached hydrogens (tertiary/aromatic N) is 5. The number of rotatable bonds is 10. The van der Waals surface area contributed by atoms with E-state index in [-0.39, 0.29) is 17.9 Å². The molecule has 0 bridgehead atoms. The third kappa shape index (κ3) is 7.12. The maximum atomic E-state index is 13.3. The van der Waals surface area contributed by atoms with E-state index >= 15 is 0 Å². The fourth-order valence-electron chi connectivity index (χ4n) is 6.02. The first-order chi connectivity index (χ1) is 22.0. The van der Waals surface area contributed by atoms with Gasteiger partial charge in [0.1, 0.15) is 5.82 Å². The van der Waals surface area contributed by atoms with Crippen LogP contribution >= 0.6 is 11.8 Å². The Hall–Kier alpha value is -4.43. The number of para-hydroxylation sites is 1. The van der Waals surface area contributed by atoms with Crippen molar-refractivity contribution in [3.63, 3.8) is 0 Å². The Kier molecular flexibility index (Phi) is 9.60. The first-order valence-electron chi connectivity index (χ1n) is 15.7. The van der Waals surface area contributed by atoms with Crippen LogP contribution in [0.15, 0.2) is 102 Å². The van der Waals surface area contributed by atoms with Gasteiger partial charge in [-0.1, -0.05) is 90.6 Å². The summed E-state index contributed by atoms with van der Waals surface area (Å²) in [7, 11) is 0. The van der Waals surface area contributed by atoms with Gasteiger partial charge in [0.15, 0.2) is 5.16 Å². The molecule has 1 fully saturated rings. The van der Waals surface area contributed by atoms with E-state index in [0.29, 0.717) is 38.0 Å². The van der Waals surface area contributed by atoms with Gasteiger partial charge < -0.3 is 9.80 Å². The minimum absolute atomic E-state index is 0.0304. The fourth-order valence-corrected chi connectivity index (χ4v) is 6.98. The predicted molar refractivity (Wildman–Crippen MR) is 181 cm³/mol. The van der Waals surface area contributed by atoms with Gasteiger partial charge in [0, 0.05) is 49.8 Å². The molecule has 1 aliphatic rings. The van der Waals surface area contributed by atoms with Gasteiger partial charge in [0.25, 0.3) is 5.91 Å². The summed E-state index contributed by atoms with van der Waals surface area (Å²) < 4.78 is 2.18. The highest BCUT2D eigenvalue weighted by Crippen LogP contribution is 2.27. The Labute approximate surface area is 269 Å². The molecular formula is C37H39N5O2S.